The molecular weight excluding hydrogens is 344 g/mol. The van der Waals surface area contributed by atoms with Gasteiger partial charge in [-0.25, -0.2) is 0 Å². The highest BCUT2D eigenvalue weighted by atomic mass is 32.2. The number of H-pyrrole nitrogens is 1. The first-order valence-corrected chi connectivity index (χ1v) is 9.74. The number of methoxy groups -OCH3 is 1. The molecule has 5 heteroatoms. The van der Waals surface area contributed by atoms with Crippen LogP contribution in [0.2, 0.25) is 0 Å². The highest BCUT2D eigenvalue weighted by Crippen LogP contribution is 2.37. The van der Waals surface area contributed by atoms with E-state index in [4.69, 9.17) is 4.74 Å². The minimum atomic E-state index is 0.0166. The van der Waals surface area contributed by atoms with Gasteiger partial charge in [0, 0.05) is 34.0 Å². The Labute approximate surface area is 158 Å². The zero-order valence-corrected chi connectivity index (χ0v) is 16.2. The van der Waals surface area contributed by atoms with Crippen molar-refractivity contribution in [2.45, 2.75) is 18.7 Å². The Bertz CT molecular complexity index is 885. The second-order valence-electron chi connectivity index (χ2n) is 6.40. The third-order valence-corrected chi connectivity index (χ3v) is 5.33. The third kappa shape index (κ3) is 4.05. The molecule has 1 aromatic heterocycles. The van der Waals surface area contributed by atoms with Gasteiger partial charge >= 0.3 is 0 Å². The van der Waals surface area contributed by atoms with E-state index in [-0.39, 0.29) is 11.8 Å². The van der Waals surface area contributed by atoms with Crippen molar-refractivity contribution in [3.05, 3.63) is 48.5 Å². The lowest BCUT2D eigenvalue weighted by molar-refractivity contribution is -0.123. The van der Waals surface area contributed by atoms with Gasteiger partial charge in [-0.3, -0.25) is 4.79 Å². The van der Waals surface area contributed by atoms with Crippen molar-refractivity contribution < 1.29 is 9.53 Å². The second-order valence-corrected chi connectivity index (χ2v) is 7.50. The topological polar surface area (TPSA) is 54.1 Å². The molecule has 3 aromatic rings. The zero-order chi connectivity index (χ0) is 18.5. The molecule has 0 aliphatic heterocycles. The molecule has 26 heavy (non-hydrogen) atoms. The predicted octanol–water partition coefficient (Wildman–Crippen LogP) is 4.71. The summed E-state index contributed by atoms with van der Waals surface area (Å²) < 4.78 is 5.26. The number of carbonyl (C=O) groups is 1. The molecule has 0 unspecified atom stereocenters. The van der Waals surface area contributed by atoms with Gasteiger partial charge in [-0.15, -0.1) is 11.8 Å². The molecule has 0 fully saturated rings. The lowest BCUT2D eigenvalue weighted by atomic mass is 10.1. The Hall–Kier alpha value is -2.40. The summed E-state index contributed by atoms with van der Waals surface area (Å²) in [5, 5.41) is 4.19. The van der Waals surface area contributed by atoms with Crippen molar-refractivity contribution >= 4 is 28.6 Å². The first-order valence-electron chi connectivity index (χ1n) is 8.75. The number of rotatable bonds is 7. The number of aromatic nitrogens is 1. The summed E-state index contributed by atoms with van der Waals surface area (Å²) in [6, 6.07) is 16.4. The minimum absolute atomic E-state index is 0.0166. The Balaban J connectivity index is 1.83. The summed E-state index contributed by atoms with van der Waals surface area (Å²) in [4.78, 5) is 16.5. The zero-order valence-electron chi connectivity index (χ0n) is 15.3. The number of amides is 1. The fourth-order valence-electron chi connectivity index (χ4n) is 2.76. The van der Waals surface area contributed by atoms with E-state index in [9.17, 15) is 4.79 Å². The third-order valence-electron chi connectivity index (χ3n) is 4.21. The summed E-state index contributed by atoms with van der Waals surface area (Å²) in [5.74, 6) is 1.78. The van der Waals surface area contributed by atoms with E-state index in [1.165, 1.54) is 10.3 Å². The number of thioether (sulfide) groups is 1. The van der Waals surface area contributed by atoms with Crippen LogP contribution in [0.25, 0.3) is 22.2 Å². The molecular formula is C21H24N2O2S. The maximum atomic E-state index is 11.7. The van der Waals surface area contributed by atoms with Crippen LogP contribution in [0.3, 0.4) is 0 Å². The summed E-state index contributed by atoms with van der Waals surface area (Å²) in [6.07, 6.45) is 0. The maximum absolute atomic E-state index is 11.7. The average molecular weight is 369 g/mol. The average Bonchev–Trinajstić information content (AvgIpc) is 3.03. The van der Waals surface area contributed by atoms with Crippen molar-refractivity contribution in [2.24, 2.45) is 5.92 Å². The molecule has 2 N–H and O–H groups in total. The number of nitrogens with one attached hydrogen (secondary N) is 2. The highest BCUT2D eigenvalue weighted by molar-refractivity contribution is 7.99. The Morgan fingerprint density at radius 3 is 2.58 bits per heavy atom. The van der Waals surface area contributed by atoms with Crippen LogP contribution in [0.4, 0.5) is 0 Å². The molecule has 0 saturated heterocycles. The van der Waals surface area contributed by atoms with Crippen LogP contribution < -0.4 is 10.1 Å². The second kappa shape index (κ2) is 8.32. The van der Waals surface area contributed by atoms with Crippen LogP contribution >= 0.6 is 11.8 Å². The molecule has 4 nitrogen and oxygen atoms in total. The molecule has 1 amide bonds. The van der Waals surface area contributed by atoms with Crippen LogP contribution in [0.1, 0.15) is 13.8 Å². The summed E-state index contributed by atoms with van der Waals surface area (Å²) in [7, 11) is 1.67. The summed E-state index contributed by atoms with van der Waals surface area (Å²) in [5.41, 5.74) is 3.34. The SMILES string of the molecule is COc1ccc(-c2[nH]c3ccccc3c2SCCNC(=O)C(C)C)cc1. The fourth-order valence-corrected chi connectivity index (χ4v) is 3.81. The molecule has 0 spiro atoms. The van der Waals surface area contributed by atoms with Gasteiger partial charge < -0.3 is 15.0 Å². The molecule has 0 aliphatic carbocycles. The molecule has 2 aromatic carbocycles. The number of carbonyl (C=O) groups excluding carboxylic acids is 1. The molecule has 3 rings (SSSR count). The van der Waals surface area contributed by atoms with Crippen LogP contribution in [0.15, 0.2) is 53.4 Å². The van der Waals surface area contributed by atoms with Crippen LogP contribution in [0, 0.1) is 5.92 Å². The van der Waals surface area contributed by atoms with Crippen molar-refractivity contribution in [2.75, 3.05) is 19.4 Å². The lowest BCUT2D eigenvalue weighted by Gasteiger charge is -2.09. The highest BCUT2D eigenvalue weighted by Gasteiger charge is 2.14. The van der Waals surface area contributed by atoms with Crippen molar-refractivity contribution in [1.29, 1.82) is 0 Å². The van der Waals surface area contributed by atoms with Crippen LogP contribution in [-0.2, 0) is 4.79 Å². The summed E-state index contributed by atoms with van der Waals surface area (Å²) >= 11 is 1.76. The molecule has 0 radical (unpaired) electrons. The molecule has 1 heterocycles. The van der Waals surface area contributed by atoms with Gasteiger partial charge in [0.05, 0.1) is 12.8 Å². The Kier molecular flexibility index (Phi) is 5.89. The van der Waals surface area contributed by atoms with E-state index < -0.39 is 0 Å². The number of ether oxygens (including phenoxy) is 1. The Morgan fingerprint density at radius 2 is 1.88 bits per heavy atom. The first-order chi connectivity index (χ1) is 12.6. The standard InChI is InChI=1S/C21H24N2O2S/c1-14(2)21(24)22-12-13-26-20-17-6-4-5-7-18(17)23-19(20)15-8-10-16(25-3)11-9-15/h4-11,14,23H,12-13H2,1-3H3,(H,22,24). The van der Waals surface area contributed by atoms with E-state index in [0.717, 1.165) is 28.3 Å². The first kappa shape index (κ1) is 18.4. The van der Waals surface area contributed by atoms with Crippen molar-refractivity contribution in [1.82, 2.24) is 10.3 Å². The number of benzene rings is 2. The van der Waals surface area contributed by atoms with Gasteiger partial charge in [-0.1, -0.05) is 32.0 Å². The Morgan fingerprint density at radius 1 is 1.15 bits per heavy atom. The molecule has 0 atom stereocenters. The van der Waals surface area contributed by atoms with E-state index in [1.807, 2.05) is 32.0 Å². The van der Waals surface area contributed by atoms with Crippen LogP contribution in [0.5, 0.6) is 5.75 Å². The number of fused-ring (bicyclic) bond motifs is 1. The van der Waals surface area contributed by atoms with Gasteiger partial charge in [0.2, 0.25) is 5.91 Å². The van der Waals surface area contributed by atoms with E-state index in [0.29, 0.717) is 6.54 Å². The van der Waals surface area contributed by atoms with E-state index >= 15 is 0 Å². The van der Waals surface area contributed by atoms with Gasteiger partial charge in [0.15, 0.2) is 0 Å². The van der Waals surface area contributed by atoms with E-state index in [1.54, 1.807) is 18.9 Å². The predicted molar refractivity (Wildman–Crippen MR) is 109 cm³/mol. The molecule has 0 aliphatic rings. The molecule has 0 bridgehead atoms. The van der Waals surface area contributed by atoms with Gasteiger partial charge in [0.1, 0.15) is 5.75 Å². The summed E-state index contributed by atoms with van der Waals surface area (Å²) in [6.45, 7) is 4.47. The lowest BCUT2D eigenvalue weighted by Crippen LogP contribution is -2.29. The van der Waals surface area contributed by atoms with Crippen molar-refractivity contribution in [3.8, 4) is 17.0 Å². The quantitative estimate of drug-likeness (QED) is 0.469. The maximum Gasteiger partial charge on any atom is 0.222 e. The number of hydrogen-bond donors (Lipinski definition) is 2. The van der Waals surface area contributed by atoms with E-state index in [2.05, 4.69) is 40.6 Å². The number of hydrogen-bond acceptors (Lipinski definition) is 3. The van der Waals surface area contributed by atoms with Gasteiger partial charge in [-0.2, -0.15) is 0 Å². The van der Waals surface area contributed by atoms with Gasteiger partial charge in [-0.05, 0) is 35.9 Å². The smallest absolute Gasteiger partial charge is 0.222 e. The number of para-hydroxylation sites is 1. The minimum Gasteiger partial charge on any atom is -0.497 e. The molecule has 0 saturated carbocycles. The van der Waals surface area contributed by atoms with Crippen molar-refractivity contribution in [3.63, 3.8) is 0 Å². The van der Waals surface area contributed by atoms with Gasteiger partial charge in [0.25, 0.3) is 0 Å². The monoisotopic (exact) mass is 368 g/mol. The normalized spacial score (nSPS) is 11.1. The molecule has 136 valence electrons. The number of aromatic amines is 1. The largest absolute Gasteiger partial charge is 0.497 e. The fraction of sp³-hybridized carbons (Fsp3) is 0.286. The van der Waals surface area contributed by atoms with Crippen LogP contribution in [-0.4, -0.2) is 30.3 Å².